The molecule has 0 bridgehead atoms. The zero-order valence-corrected chi connectivity index (χ0v) is 22.8. The Morgan fingerprint density at radius 2 is 1.78 bits per heavy atom. The molecule has 5 nitrogen and oxygen atoms in total. The summed E-state index contributed by atoms with van der Waals surface area (Å²) in [7, 11) is -0.535. The SMILES string of the molecule is COc1ccc([Si](C)(C)[C@H]2[C@H](CCO)O[C@@]3(C(=O)N(c4ccccc4)c4ccc(Cl)cc43)[C@@H]2C)cc1. The summed E-state index contributed by atoms with van der Waals surface area (Å²) in [6, 6.07) is 23.5. The van der Waals surface area contributed by atoms with Crippen molar-refractivity contribution in [3.05, 3.63) is 83.4 Å². The Balaban J connectivity index is 1.65. The second-order valence-corrected chi connectivity index (χ2v) is 15.4. The molecular formula is C29H32ClNO4Si. The third kappa shape index (κ3) is 3.70. The Bertz CT molecular complexity index is 1270. The highest BCUT2D eigenvalue weighted by Gasteiger charge is 2.66. The number of hydrogen-bond acceptors (Lipinski definition) is 4. The van der Waals surface area contributed by atoms with Crippen LogP contribution in [-0.2, 0) is 15.1 Å². The Kier molecular flexibility index (Phi) is 6.49. The molecular weight excluding hydrogens is 490 g/mol. The van der Waals surface area contributed by atoms with Crippen LogP contribution in [0.25, 0.3) is 0 Å². The zero-order chi connectivity index (χ0) is 25.7. The number of fused-ring (bicyclic) bond motifs is 2. The number of nitrogens with zero attached hydrogens (tertiary/aromatic N) is 1. The highest BCUT2D eigenvalue weighted by atomic mass is 35.5. The number of carbonyl (C=O) groups excluding carboxylic acids is 1. The molecule has 0 aliphatic carbocycles. The molecule has 0 aromatic heterocycles. The van der Waals surface area contributed by atoms with E-state index in [4.69, 9.17) is 21.1 Å². The Morgan fingerprint density at radius 3 is 2.42 bits per heavy atom. The number of aliphatic hydroxyl groups excluding tert-OH is 1. The molecule has 1 fully saturated rings. The van der Waals surface area contributed by atoms with E-state index in [9.17, 15) is 9.90 Å². The van der Waals surface area contributed by atoms with Crippen molar-refractivity contribution in [2.75, 3.05) is 18.6 Å². The van der Waals surface area contributed by atoms with Gasteiger partial charge >= 0.3 is 0 Å². The number of benzene rings is 3. The third-order valence-corrected chi connectivity index (χ3v) is 12.7. The molecule has 4 atom stereocenters. The fraction of sp³-hybridized carbons (Fsp3) is 0.345. The number of anilines is 2. The van der Waals surface area contributed by atoms with Crippen LogP contribution in [0.1, 0.15) is 18.9 Å². The van der Waals surface area contributed by atoms with Crippen LogP contribution in [0.5, 0.6) is 5.75 Å². The number of para-hydroxylation sites is 1. The number of rotatable bonds is 6. The topological polar surface area (TPSA) is 59.0 Å². The van der Waals surface area contributed by atoms with Gasteiger partial charge in [-0.05, 0) is 54.4 Å². The third-order valence-electron chi connectivity index (χ3n) is 8.13. The number of carbonyl (C=O) groups is 1. The summed E-state index contributed by atoms with van der Waals surface area (Å²) in [6.07, 6.45) is 0.206. The summed E-state index contributed by atoms with van der Waals surface area (Å²) in [4.78, 5) is 16.2. The molecule has 0 radical (unpaired) electrons. The molecule has 188 valence electrons. The van der Waals surface area contributed by atoms with Crippen LogP contribution in [0.15, 0.2) is 72.8 Å². The molecule has 5 rings (SSSR count). The van der Waals surface area contributed by atoms with Crippen molar-refractivity contribution in [1.29, 1.82) is 0 Å². The summed E-state index contributed by atoms with van der Waals surface area (Å²) in [5.41, 5.74) is 1.32. The van der Waals surface area contributed by atoms with E-state index in [1.807, 2.05) is 60.7 Å². The lowest BCUT2D eigenvalue weighted by molar-refractivity contribution is -0.145. The van der Waals surface area contributed by atoms with E-state index in [1.54, 1.807) is 12.0 Å². The van der Waals surface area contributed by atoms with Crippen LogP contribution in [0.4, 0.5) is 11.4 Å². The summed E-state index contributed by atoms with van der Waals surface area (Å²) >= 11 is 6.49. The highest BCUT2D eigenvalue weighted by Crippen LogP contribution is 2.61. The van der Waals surface area contributed by atoms with E-state index >= 15 is 0 Å². The first-order valence-electron chi connectivity index (χ1n) is 12.4. The van der Waals surface area contributed by atoms with Crippen molar-refractivity contribution in [2.24, 2.45) is 5.92 Å². The fourth-order valence-corrected chi connectivity index (χ4v) is 10.7. The lowest BCUT2D eigenvalue weighted by Gasteiger charge is -2.37. The van der Waals surface area contributed by atoms with Crippen molar-refractivity contribution < 1.29 is 19.4 Å². The molecule has 1 saturated heterocycles. The van der Waals surface area contributed by atoms with Crippen LogP contribution < -0.4 is 14.8 Å². The van der Waals surface area contributed by atoms with Gasteiger partial charge in [-0.1, -0.05) is 67.1 Å². The monoisotopic (exact) mass is 521 g/mol. The molecule has 0 unspecified atom stereocenters. The standard InChI is InChI=1S/C29H32ClNO4Si/c1-19-27(36(3,4)23-13-11-22(34-2)12-14-23)26(16-17-32)35-29(19)24-18-20(30)10-15-25(24)31(28(29)33)21-8-6-5-7-9-21/h5-15,18-19,26-27,32H,16-17H2,1-4H3/t19-,26+,27-,29+/m1/s1. The van der Waals surface area contributed by atoms with Crippen molar-refractivity contribution in [3.63, 3.8) is 0 Å². The van der Waals surface area contributed by atoms with Gasteiger partial charge in [-0.3, -0.25) is 9.69 Å². The highest BCUT2D eigenvalue weighted by molar-refractivity contribution is 6.91. The second kappa shape index (κ2) is 9.34. The van der Waals surface area contributed by atoms with E-state index in [0.29, 0.717) is 11.4 Å². The number of hydrogen-bond donors (Lipinski definition) is 1. The van der Waals surface area contributed by atoms with Crippen LogP contribution in [0.2, 0.25) is 23.7 Å². The number of aliphatic hydroxyl groups is 1. The van der Waals surface area contributed by atoms with Gasteiger partial charge < -0.3 is 14.6 Å². The number of ether oxygens (including phenoxy) is 2. The van der Waals surface area contributed by atoms with Crippen molar-refractivity contribution in [2.45, 2.75) is 43.7 Å². The zero-order valence-electron chi connectivity index (χ0n) is 21.1. The second-order valence-electron chi connectivity index (χ2n) is 10.3. The summed E-state index contributed by atoms with van der Waals surface area (Å²) < 4.78 is 12.3. The van der Waals surface area contributed by atoms with Gasteiger partial charge in [-0.15, -0.1) is 0 Å². The maximum atomic E-state index is 14.4. The molecule has 36 heavy (non-hydrogen) atoms. The molecule has 1 N–H and O–H groups in total. The van der Waals surface area contributed by atoms with Crippen molar-refractivity contribution >= 4 is 42.1 Å². The fourth-order valence-electron chi connectivity index (χ4n) is 6.44. The van der Waals surface area contributed by atoms with E-state index in [1.165, 1.54) is 5.19 Å². The number of amides is 1. The molecule has 1 spiro atoms. The maximum absolute atomic E-state index is 14.4. The van der Waals surface area contributed by atoms with Gasteiger partial charge in [-0.2, -0.15) is 0 Å². The minimum atomic E-state index is -2.20. The van der Waals surface area contributed by atoms with E-state index in [-0.39, 0.29) is 30.1 Å². The first-order valence-corrected chi connectivity index (χ1v) is 15.8. The average molecular weight is 522 g/mol. The lowest BCUT2D eigenvalue weighted by Crippen LogP contribution is -2.51. The minimum absolute atomic E-state index is 0.00392. The van der Waals surface area contributed by atoms with Gasteiger partial charge in [0.25, 0.3) is 5.91 Å². The van der Waals surface area contributed by atoms with Gasteiger partial charge in [-0.25, -0.2) is 0 Å². The van der Waals surface area contributed by atoms with E-state index in [0.717, 1.165) is 22.7 Å². The summed E-state index contributed by atoms with van der Waals surface area (Å²) in [5, 5.41) is 11.8. The van der Waals surface area contributed by atoms with Crippen molar-refractivity contribution in [3.8, 4) is 5.75 Å². The van der Waals surface area contributed by atoms with Gasteiger partial charge in [0.15, 0.2) is 5.60 Å². The molecule has 2 aliphatic heterocycles. The average Bonchev–Trinajstić information content (AvgIpc) is 3.31. The molecule has 2 heterocycles. The van der Waals surface area contributed by atoms with Gasteiger partial charge in [0.1, 0.15) is 5.75 Å². The lowest BCUT2D eigenvalue weighted by atomic mass is 9.82. The molecule has 7 heteroatoms. The normalized spacial score (nSPS) is 25.4. The quantitative estimate of drug-likeness (QED) is 0.427. The molecule has 3 aromatic rings. The summed E-state index contributed by atoms with van der Waals surface area (Å²) in [6.45, 7) is 6.79. The van der Waals surface area contributed by atoms with Crippen LogP contribution in [-0.4, -0.2) is 38.9 Å². The van der Waals surface area contributed by atoms with Crippen LogP contribution in [0, 0.1) is 5.92 Å². The predicted molar refractivity (Wildman–Crippen MR) is 146 cm³/mol. The Labute approximate surface area is 218 Å². The maximum Gasteiger partial charge on any atom is 0.268 e. The number of halogens is 1. The first kappa shape index (κ1) is 25.0. The minimum Gasteiger partial charge on any atom is -0.497 e. The largest absolute Gasteiger partial charge is 0.497 e. The molecule has 3 aromatic carbocycles. The van der Waals surface area contributed by atoms with Gasteiger partial charge in [0, 0.05) is 28.8 Å². The van der Waals surface area contributed by atoms with Crippen molar-refractivity contribution in [1.82, 2.24) is 0 Å². The Morgan fingerprint density at radius 1 is 1.08 bits per heavy atom. The predicted octanol–water partition coefficient (Wildman–Crippen LogP) is 5.63. The van der Waals surface area contributed by atoms with Crippen LogP contribution in [0.3, 0.4) is 0 Å². The van der Waals surface area contributed by atoms with Gasteiger partial charge in [0.05, 0.1) is 27.0 Å². The van der Waals surface area contributed by atoms with E-state index < -0.39 is 13.7 Å². The molecule has 0 saturated carbocycles. The van der Waals surface area contributed by atoms with Gasteiger partial charge in [0.2, 0.25) is 0 Å². The van der Waals surface area contributed by atoms with E-state index in [2.05, 4.69) is 32.2 Å². The smallest absolute Gasteiger partial charge is 0.268 e. The Hall–Kier alpha value is -2.64. The van der Waals surface area contributed by atoms with Crippen LogP contribution >= 0.6 is 11.6 Å². The molecule has 2 aliphatic rings. The number of methoxy groups -OCH3 is 1. The molecule has 1 amide bonds. The first-order chi connectivity index (χ1) is 17.3. The summed E-state index contributed by atoms with van der Waals surface area (Å²) in [5.74, 6) is 0.593.